The van der Waals surface area contributed by atoms with E-state index in [4.69, 9.17) is 10.2 Å². The molecule has 1 saturated heterocycles. The molecule has 0 bridgehead atoms. The van der Waals surface area contributed by atoms with Gasteiger partial charge in [-0.2, -0.15) is 0 Å². The Bertz CT molecular complexity index is 527. The molecule has 0 amide bonds. The Hall–Kier alpha value is -1.83. The Morgan fingerprint density at radius 3 is 2.35 bits per heavy atom. The molecule has 126 valence electrons. The maximum Gasteiger partial charge on any atom is 0.328 e. The van der Waals surface area contributed by atoms with Crippen LogP contribution in [0.15, 0.2) is 41.3 Å². The minimum Gasteiger partial charge on any atom is -0.478 e. The number of aliphatic carboxylic acids is 2. The largest absolute Gasteiger partial charge is 0.478 e. The highest BCUT2D eigenvalue weighted by atomic mass is 32.2. The smallest absolute Gasteiger partial charge is 0.328 e. The van der Waals surface area contributed by atoms with Gasteiger partial charge in [0.25, 0.3) is 0 Å². The summed E-state index contributed by atoms with van der Waals surface area (Å²) in [7, 11) is 0. The fourth-order valence-electron chi connectivity index (χ4n) is 2.04. The number of hydrogen-bond donors (Lipinski definition) is 3. The van der Waals surface area contributed by atoms with Crippen molar-refractivity contribution in [1.82, 2.24) is 10.2 Å². The number of rotatable bonds is 5. The highest BCUT2D eigenvalue weighted by molar-refractivity contribution is 7.98. The summed E-state index contributed by atoms with van der Waals surface area (Å²) in [5.74, 6) is -2.51. The van der Waals surface area contributed by atoms with E-state index in [1.54, 1.807) is 0 Å². The molecule has 1 aromatic rings. The molecule has 0 atom stereocenters. The lowest BCUT2D eigenvalue weighted by molar-refractivity contribution is -0.134. The van der Waals surface area contributed by atoms with E-state index in [0.717, 1.165) is 19.6 Å². The van der Waals surface area contributed by atoms with E-state index in [2.05, 4.69) is 40.7 Å². The first-order valence-electron chi connectivity index (χ1n) is 7.21. The zero-order valence-corrected chi connectivity index (χ0v) is 13.9. The summed E-state index contributed by atoms with van der Waals surface area (Å²) >= 11 is 1.81. The molecule has 0 spiro atoms. The number of hydrogen-bond acceptors (Lipinski definition) is 5. The number of thioether (sulfide) groups is 1. The summed E-state index contributed by atoms with van der Waals surface area (Å²) in [6, 6.07) is 8.85. The summed E-state index contributed by atoms with van der Waals surface area (Å²) in [4.78, 5) is 23.0. The van der Waals surface area contributed by atoms with Crippen LogP contribution in [-0.4, -0.2) is 59.5 Å². The first-order valence-corrected chi connectivity index (χ1v) is 8.43. The van der Waals surface area contributed by atoms with Gasteiger partial charge >= 0.3 is 11.9 Å². The van der Waals surface area contributed by atoms with Crippen LogP contribution in [0.25, 0.3) is 0 Å². The maximum atomic E-state index is 9.55. The van der Waals surface area contributed by atoms with Crippen molar-refractivity contribution < 1.29 is 19.8 Å². The van der Waals surface area contributed by atoms with Gasteiger partial charge in [0.1, 0.15) is 0 Å². The number of benzene rings is 1. The van der Waals surface area contributed by atoms with E-state index >= 15 is 0 Å². The molecule has 0 saturated carbocycles. The van der Waals surface area contributed by atoms with E-state index in [1.807, 2.05) is 11.8 Å². The fourth-order valence-corrected chi connectivity index (χ4v) is 2.52. The summed E-state index contributed by atoms with van der Waals surface area (Å²) in [5.41, 5.74) is 1.43. The van der Waals surface area contributed by atoms with E-state index in [-0.39, 0.29) is 0 Å². The molecule has 0 aliphatic carbocycles. The Morgan fingerprint density at radius 1 is 1.22 bits per heavy atom. The van der Waals surface area contributed by atoms with Gasteiger partial charge in [-0.05, 0) is 24.0 Å². The lowest BCUT2D eigenvalue weighted by Crippen LogP contribution is -2.42. The molecule has 0 unspecified atom stereocenters. The number of carbonyl (C=O) groups is 2. The summed E-state index contributed by atoms with van der Waals surface area (Å²) in [6.45, 7) is 5.69. The molecule has 6 nitrogen and oxygen atoms in total. The quantitative estimate of drug-likeness (QED) is 0.554. The average Bonchev–Trinajstić information content (AvgIpc) is 2.55. The third-order valence-corrected chi connectivity index (χ3v) is 3.84. The van der Waals surface area contributed by atoms with Crippen molar-refractivity contribution >= 4 is 23.7 Å². The zero-order valence-electron chi connectivity index (χ0n) is 13.1. The van der Waals surface area contributed by atoms with Crippen LogP contribution >= 0.6 is 11.8 Å². The molecule has 1 aromatic carbocycles. The summed E-state index contributed by atoms with van der Waals surface area (Å²) in [5, 5.41) is 19.0. The molecule has 1 aliphatic rings. The van der Waals surface area contributed by atoms with Gasteiger partial charge < -0.3 is 15.5 Å². The second-order valence-corrected chi connectivity index (χ2v) is 5.77. The Balaban J connectivity index is 0.000000284. The van der Waals surface area contributed by atoms with Crippen molar-refractivity contribution in [3.63, 3.8) is 0 Å². The van der Waals surface area contributed by atoms with Gasteiger partial charge in [0.05, 0.1) is 0 Å². The molecule has 0 radical (unpaired) electrons. The van der Waals surface area contributed by atoms with Gasteiger partial charge in [0, 0.05) is 49.8 Å². The molecule has 1 heterocycles. The van der Waals surface area contributed by atoms with Gasteiger partial charge in [-0.15, -0.1) is 11.8 Å². The molecular formula is C16H22N2O4S. The molecule has 3 N–H and O–H groups in total. The molecular weight excluding hydrogens is 316 g/mol. The third-order valence-electron chi connectivity index (χ3n) is 3.12. The van der Waals surface area contributed by atoms with Gasteiger partial charge in [-0.25, -0.2) is 9.59 Å². The number of carboxylic acid groups (broad SMARTS) is 2. The Labute approximate surface area is 140 Å². The van der Waals surface area contributed by atoms with Crippen LogP contribution in [0.5, 0.6) is 0 Å². The van der Waals surface area contributed by atoms with Crippen molar-refractivity contribution in [3.8, 4) is 0 Å². The summed E-state index contributed by atoms with van der Waals surface area (Å²) < 4.78 is 0. The minimum absolute atomic E-state index is 0.558. The number of nitrogens with zero attached hydrogens (tertiary/aromatic N) is 1. The number of piperazine rings is 1. The predicted molar refractivity (Wildman–Crippen MR) is 90.8 cm³/mol. The van der Waals surface area contributed by atoms with Crippen molar-refractivity contribution in [2.24, 2.45) is 0 Å². The second-order valence-electron chi connectivity index (χ2n) is 4.89. The number of carboxylic acids is 2. The average molecular weight is 338 g/mol. The second kappa shape index (κ2) is 10.8. The van der Waals surface area contributed by atoms with E-state index in [0.29, 0.717) is 12.2 Å². The van der Waals surface area contributed by atoms with Gasteiger partial charge in [-0.3, -0.25) is 4.90 Å². The van der Waals surface area contributed by atoms with Gasteiger partial charge in [0.2, 0.25) is 0 Å². The zero-order chi connectivity index (χ0) is 17.1. The fraction of sp³-hybridized carbons (Fsp3) is 0.375. The van der Waals surface area contributed by atoms with Crippen LogP contribution in [0.1, 0.15) is 5.56 Å². The van der Waals surface area contributed by atoms with Gasteiger partial charge in [0.15, 0.2) is 0 Å². The van der Waals surface area contributed by atoms with Crippen molar-refractivity contribution in [2.75, 3.05) is 32.4 Å². The number of nitrogens with one attached hydrogen (secondary N) is 1. The normalized spacial score (nSPS) is 15.0. The molecule has 1 aliphatic heterocycles. The summed E-state index contributed by atoms with van der Waals surface area (Å²) in [6.07, 6.45) is 3.24. The molecule has 0 aromatic heterocycles. The maximum absolute atomic E-state index is 9.55. The third kappa shape index (κ3) is 9.02. The monoisotopic (exact) mass is 338 g/mol. The molecule has 1 fully saturated rings. The van der Waals surface area contributed by atoms with Crippen LogP contribution in [0.2, 0.25) is 0 Å². The Morgan fingerprint density at radius 2 is 1.83 bits per heavy atom. The first-order chi connectivity index (χ1) is 11.0. The molecule has 2 rings (SSSR count). The molecule has 7 heteroatoms. The lowest BCUT2D eigenvalue weighted by Gasteiger charge is -2.27. The van der Waals surface area contributed by atoms with Crippen molar-refractivity contribution in [2.45, 2.75) is 11.4 Å². The van der Waals surface area contributed by atoms with Crippen LogP contribution < -0.4 is 5.32 Å². The highest BCUT2D eigenvalue weighted by Gasteiger charge is 2.09. The van der Waals surface area contributed by atoms with Crippen LogP contribution in [-0.2, 0) is 16.1 Å². The van der Waals surface area contributed by atoms with Crippen LogP contribution in [0, 0.1) is 0 Å². The molecule has 23 heavy (non-hydrogen) atoms. The SMILES string of the molecule is CSc1cccc(CN2CCNCC2)c1.O=C(O)/C=C\C(=O)O. The van der Waals surface area contributed by atoms with Gasteiger partial charge in [-0.1, -0.05) is 12.1 Å². The Kier molecular flexibility index (Phi) is 9.04. The highest BCUT2D eigenvalue weighted by Crippen LogP contribution is 2.17. The van der Waals surface area contributed by atoms with Crippen molar-refractivity contribution in [1.29, 1.82) is 0 Å². The first kappa shape index (κ1) is 19.2. The van der Waals surface area contributed by atoms with Crippen LogP contribution in [0.4, 0.5) is 0 Å². The van der Waals surface area contributed by atoms with E-state index < -0.39 is 11.9 Å². The van der Waals surface area contributed by atoms with Crippen LogP contribution in [0.3, 0.4) is 0 Å². The topological polar surface area (TPSA) is 89.9 Å². The standard InChI is InChI=1S/C12H18N2S.C4H4O4/c1-15-12-4-2-3-11(9-12)10-14-7-5-13-6-8-14;5-3(6)1-2-4(7)8/h2-4,9,13H,5-8,10H2,1H3;1-2H,(H,5,6)(H,7,8)/b;2-1-. The lowest BCUT2D eigenvalue weighted by atomic mass is 10.2. The van der Waals surface area contributed by atoms with Crippen molar-refractivity contribution in [3.05, 3.63) is 42.0 Å². The van der Waals surface area contributed by atoms with E-state index in [1.165, 1.54) is 23.5 Å². The minimum atomic E-state index is -1.26. The van der Waals surface area contributed by atoms with E-state index in [9.17, 15) is 9.59 Å². The predicted octanol–water partition coefficient (Wildman–Crippen LogP) is 1.53.